The average molecular weight is 339 g/mol. The summed E-state index contributed by atoms with van der Waals surface area (Å²) in [5.41, 5.74) is 6.88. The third-order valence-electron chi connectivity index (χ3n) is 3.48. The minimum absolute atomic E-state index is 0.0466. The molecule has 1 atom stereocenters. The molecule has 1 amide bonds. The molecule has 6 nitrogen and oxygen atoms in total. The first-order valence-electron chi connectivity index (χ1n) is 7.70. The van der Waals surface area contributed by atoms with Crippen LogP contribution in [-0.2, 0) is 0 Å². The molecule has 2 aromatic carbocycles. The van der Waals surface area contributed by atoms with E-state index in [0.717, 1.165) is 5.69 Å². The van der Waals surface area contributed by atoms with E-state index < -0.39 is 12.0 Å². The number of aliphatic hydroxyl groups excluding tert-OH is 1. The van der Waals surface area contributed by atoms with Crippen molar-refractivity contribution in [3.63, 3.8) is 0 Å². The first-order chi connectivity index (χ1) is 12.0. The molecule has 0 aliphatic rings. The number of nitrogens with one attached hydrogen (secondary N) is 2. The summed E-state index contributed by atoms with van der Waals surface area (Å²) in [5, 5.41) is 26.6. The second kappa shape index (κ2) is 8.56. The average Bonchev–Trinajstić information content (AvgIpc) is 2.61. The molecular formula is C19H21N3O3. The van der Waals surface area contributed by atoms with Crippen molar-refractivity contribution in [3.05, 3.63) is 84.2 Å². The molecule has 130 valence electrons. The molecule has 0 aliphatic carbocycles. The molecule has 1 unspecified atom stereocenters. The van der Waals surface area contributed by atoms with Crippen LogP contribution in [0.2, 0.25) is 0 Å². The summed E-state index contributed by atoms with van der Waals surface area (Å²) < 4.78 is 0. The fraction of sp³-hybridized carbons (Fsp3) is 0.105. The Morgan fingerprint density at radius 3 is 2.60 bits per heavy atom. The highest BCUT2D eigenvalue weighted by Gasteiger charge is 2.17. The van der Waals surface area contributed by atoms with E-state index in [2.05, 4.69) is 17.2 Å². The van der Waals surface area contributed by atoms with Gasteiger partial charge in [-0.2, -0.15) is 0 Å². The summed E-state index contributed by atoms with van der Waals surface area (Å²) in [5.74, 6) is -0.993. The standard InChI is InChI=1S/C19H21N3O3/c1-2-10-21-12-16(22-14-6-4-3-5-7-14)18(24)13-8-9-17(23)15(11-13)19(20)25/h2-9,11-12,18,21-24H,1,10H2,(H2,20,25). The van der Waals surface area contributed by atoms with Crippen molar-refractivity contribution in [2.45, 2.75) is 6.10 Å². The summed E-state index contributed by atoms with van der Waals surface area (Å²) in [6.07, 6.45) is 2.27. The number of para-hydroxylation sites is 1. The zero-order valence-electron chi connectivity index (χ0n) is 13.6. The van der Waals surface area contributed by atoms with E-state index in [1.54, 1.807) is 12.3 Å². The minimum Gasteiger partial charge on any atom is -0.507 e. The molecule has 6 heteroatoms. The van der Waals surface area contributed by atoms with Gasteiger partial charge in [-0.25, -0.2) is 0 Å². The number of carbonyl (C=O) groups is 1. The van der Waals surface area contributed by atoms with Crippen LogP contribution >= 0.6 is 0 Å². The molecule has 2 aromatic rings. The highest BCUT2D eigenvalue weighted by Crippen LogP contribution is 2.27. The van der Waals surface area contributed by atoms with Crippen LogP contribution in [0.5, 0.6) is 5.75 Å². The van der Waals surface area contributed by atoms with Crippen LogP contribution in [0, 0.1) is 0 Å². The van der Waals surface area contributed by atoms with Gasteiger partial charge in [-0.3, -0.25) is 4.79 Å². The number of hydrogen-bond donors (Lipinski definition) is 5. The molecule has 25 heavy (non-hydrogen) atoms. The van der Waals surface area contributed by atoms with Gasteiger partial charge < -0.3 is 26.6 Å². The lowest BCUT2D eigenvalue weighted by Gasteiger charge is -2.19. The Kier molecular flexibility index (Phi) is 6.20. The van der Waals surface area contributed by atoms with Crippen LogP contribution in [0.3, 0.4) is 0 Å². The van der Waals surface area contributed by atoms with E-state index >= 15 is 0 Å². The number of rotatable bonds is 8. The Hall–Kier alpha value is -3.25. The van der Waals surface area contributed by atoms with E-state index in [9.17, 15) is 15.0 Å². The van der Waals surface area contributed by atoms with Crippen molar-refractivity contribution in [2.24, 2.45) is 5.73 Å². The highest BCUT2D eigenvalue weighted by molar-refractivity contribution is 5.95. The van der Waals surface area contributed by atoms with Gasteiger partial charge in [0.25, 0.3) is 5.91 Å². The van der Waals surface area contributed by atoms with Crippen molar-refractivity contribution < 1.29 is 15.0 Å². The molecule has 0 saturated heterocycles. The van der Waals surface area contributed by atoms with Crippen LogP contribution in [0.25, 0.3) is 0 Å². The van der Waals surface area contributed by atoms with E-state index in [1.807, 2.05) is 30.3 Å². The molecule has 0 aliphatic heterocycles. The van der Waals surface area contributed by atoms with Crippen molar-refractivity contribution in [2.75, 3.05) is 11.9 Å². The third-order valence-corrected chi connectivity index (χ3v) is 3.48. The number of aliphatic hydroxyl groups is 1. The second-order valence-electron chi connectivity index (χ2n) is 5.33. The number of nitrogens with two attached hydrogens (primary N) is 1. The lowest BCUT2D eigenvalue weighted by Crippen LogP contribution is -2.17. The maximum absolute atomic E-state index is 11.4. The van der Waals surface area contributed by atoms with Gasteiger partial charge in [-0.05, 0) is 29.8 Å². The fourth-order valence-corrected chi connectivity index (χ4v) is 2.22. The van der Waals surface area contributed by atoms with E-state index in [-0.39, 0.29) is 11.3 Å². The molecule has 0 spiro atoms. The van der Waals surface area contributed by atoms with Crippen LogP contribution < -0.4 is 16.4 Å². The maximum atomic E-state index is 11.4. The lowest BCUT2D eigenvalue weighted by molar-refractivity contribution is 0.0997. The fourth-order valence-electron chi connectivity index (χ4n) is 2.22. The Morgan fingerprint density at radius 2 is 1.96 bits per heavy atom. The van der Waals surface area contributed by atoms with E-state index in [0.29, 0.717) is 17.8 Å². The SMILES string of the molecule is C=CCNC=C(Nc1ccccc1)C(O)c1ccc(O)c(C(N)=O)c1. The van der Waals surface area contributed by atoms with Crippen molar-refractivity contribution >= 4 is 11.6 Å². The number of aromatic hydroxyl groups is 1. The van der Waals surface area contributed by atoms with Gasteiger partial charge in [0, 0.05) is 18.4 Å². The number of anilines is 1. The van der Waals surface area contributed by atoms with E-state index in [1.165, 1.54) is 18.2 Å². The molecule has 6 N–H and O–H groups in total. The van der Waals surface area contributed by atoms with Gasteiger partial charge in [0.2, 0.25) is 0 Å². The number of phenols is 1. The van der Waals surface area contributed by atoms with Gasteiger partial charge in [0.1, 0.15) is 11.9 Å². The number of amides is 1. The predicted molar refractivity (Wildman–Crippen MR) is 97.9 cm³/mol. The van der Waals surface area contributed by atoms with Crippen molar-refractivity contribution in [3.8, 4) is 5.75 Å². The Balaban J connectivity index is 2.32. The smallest absolute Gasteiger partial charge is 0.252 e. The molecule has 2 rings (SSSR count). The van der Waals surface area contributed by atoms with Gasteiger partial charge in [-0.15, -0.1) is 6.58 Å². The zero-order valence-corrected chi connectivity index (χ0v) is 13.6. The molecule has 0 radical (unpaired) electrons. The molecule has 0 bridgehead atoms. The number of hydrogen-bond acceptors (Lipinski definition) is 5. The summed E-state index contributed by atoms with van der Waals surface area (Å²) in [6, 6.07) is 13.6. The quantitative estimate of drug-likeness (QED) is 0.374. The largest absolute Gasteiger partial charge is 0.507 e. The normalized spacial score (nSPS) is 12.3. The number of benzene rings is 2. The van der Waals surface area contributed by atoms with Gasteiger partial charge >= 0.3 is 0 Å². The van der Waals surface area contributed by atoms with Gasteiger partial charge in [0.15, 0.2) is 0 Å². The summed E-state index contributed by atoms with van der Waals surface area (Å²) in [4.78, 5) is 11.4. The third kappa shape index (κ3) is 4.86. The first-order valence-corrected chi connectivity index (χ1v) is 7.70. The highest BCUT2D eigenvalue weighted by atomic mass is 16.3. The van der Waals surface area contributed by atoms with Crippen LogP contribution in [0.4, 0.5) is 5.69 Å². The summed E-state index contributed by atoms with van der Waals surface area (Å²) >= 11 is 0. The van der Waals surface area contributed by atoms with Gasteiger partial charge in [0.05, 0.1) is 11.3 Å². The topological polar surface area (TPSA) is 108 Å². The lowest BCUT2D eigenvalue weighted by atomic mass is 10.0. The predicted octanol–water partition coefficient (Wildman–Crippen LogP) is 2.25. The maximum Gasteiger partial charge on any atom is 0.252 e. The van der Waals surface area contributed by atoms with Crippen LogP contribution in [-0.4, -0.2) is 22.7 Å². The molecule has 0 saturated carbocycles. The van der Waals surface area contributed by atoms with E-state index in [4.69, 9.17) is 5.73 Å². The van der Waals surface area contributed by atoms with Crippen LogP contribution in [0.1, 0.15) is 22.0 Å². The van der Waals surface area contributed by atoms with Gasteiger partial charge in [-0.1, -0.05) is 30.3 Å². The molecular weight excluding hydrogens is 318 g/mol. The molecule has 0 aromatic heterocycles. The summed E-state index contributed by atoms with van der Waals surface area (Å²) in [7, 11) is 0. The monoisotopic (exact) mass is 339 g/mol. The summed E-state index contributed by atoms with van der Waals surface area (Å²) in [6.45, 7) is 4.15. The number of primary amides is 1. The minimum atomic E-state index is -1.06. The van der Waals surface area contributed by atoms with Crippen molar-refractivity contribution in [1.29, 1.82) is 0 Å². The van der Waals surface area contributed by atoms with Crippen molar-refractivity contribution in [1.82, 2.24) is 5.32 Å². The second-order valence-corrected chi connectivity index (χ2v) is 5.33. The Labute approximate surface area is 146 Å². The Morgan fingerprint density at radius 1 is 1.24 bits per heavy atom. The Bertz CT molecular complexity index is 773. The molecule has 0 fully saturated rings. The number of carbonyl (C=O) groups excluding carboxylic acids is 1. The zero-order chi connectivity index (χ0) is 18.2. The molecule has 0 heterocycles. The van der Waals surface area contributed by atoms with Crippen LogP contribution in [0.15, 0.2) is 73.1 Å². The first kappa shape index (κ1) is 18.1.